The van der Waals surface area contributed by atoms with E-state index in [0.29, 0.717) is 37.8 Å². The van der Waals surface area contributed by atoms with Crippen LogP contribution in [0, 0.1) is 5.92 Å². The van der Waals surface area contributed by atoms with Gasteiger partial charge in [-0.2, -0.15) is 13.2 Å². The molecule has 384 valence electrons. The third-order valence-electron chi connectivity index (χ3n) is 11.7. The van der Waals surface area contributed by atoms with Crippen molar-refractivity contribution in [1.82, 2.24) is 41.8 Å². The molecular formula is C43H67F3N12O11+2. The van der Waals surface area contributed by atoms with Crippen molar-refractivity contribution < 1.29 is 77.6 Å². The molecule has 26 heteroatoms. The fraction of sp³-hybridized carbons (Fsp3) is 0.605. The number of nitrogens with one attached hydrogen (secondary N) is 8. The number of aliphatic carboxylic acids is 1. The summed E-state index contributed by atoms with van der Waals surface area (Å²) in [5.41, 5.74) is 16.3. The number of nitrogens with zero attached hydrogens (tertiary/aromatic N) is 1. The number of aromatic nitrogens is 1. The van der Waals surface area contributed by atoms with Crippen LogP contribution in [0.15, 0.2) is 30.5 Å². The van der Waals surface area contributed by atoms with E-state index in [-0.39, 0.29) is 44.6 Å². The second-order valence-corrected chi connectivity index (χ2v) is 17.0. The number of carboxylic acid groups (broad SMARTS) is 1. The number of unbranched alkanes of at least 4 members (excludes halogenated alkanes) is 1. The number of aliphatic hydroxyl groups is 2. The molecule has 2 heterocycles. The van der Waals surface area contributed by atoms with Crippen LogP contribution >= 0.6 is 0 Å². The molecule has 0 radical (unpaired) electrons. The summed E-state index contributed by atoms with van der Waals surface area (Å²) < 4.78 is 37.9. The van der Waals surface area contributed by atoms with Crippen LogP contribution in [0.3, 0.4) is 0 Å². The van der Waals surface area contributed by atoms with Gasteiger partial charge in [0.2, 0.25) is 29.5 Å². The Labute approximate surface area is 395 Å². The van der Waals surface area contributed by atoms with E-state index in [9.17, 15) is 66.8 Å². The van der Waals surface area contributed by atoms with E-state index < -0.39 is 121 Å². The number of aliphatic hydroxyl groups excluding tert-OH is 2. The number of hydrogen-bond donors (Lipinski definition) is 14. The molecule has 1 aromatic carbocycles. The fourth-order valence-electron chi connectivity index (χ4n) is 7.59. The van der Waals surface area contributed by atoms with Crippen LogP contribution in [0.2, 0.25) is 0 Å². The van der Waals surface area contributed by atoms with E-state index in [4.69, 9.17) is 11.5 Å². The molecule has 0 aliphatic carbocycles. The zero-order chi connectivity index (χ0) is 51.6. The van der Waals surface area contributed by atoms with E-state index >= 15 is 0 Å². The molecule has 1 aliphatic heterocycles. The summed E-state index contributed by atoms with van der Waals surface area (Å²) in [6.45, 7) is 3.32. The van der Waals surface area contributed by atoms with E-state index in [1.54, 1.807) is 25.4 Å². The van der Waals surface area contributed by atoms with E-state index in [1.165, 1.54) is 4.90 Å². The van der Waals surface area contributed by atoms with Crippen LogP contribution in [-0.4, -0.2) is 159 Å². The lowest BCUT2D eigenvalue weighted by molar-refractivity contribution is -0.463. The maximum atomic E-state index is 14.4. The van der Waals surface area contributed by atoms with Gasteiger partial charge < -0.3 is 62.8 Å². The average Bonchev–Trinajstić information content (AvgIpc) is 3.96. The Morgan fingerprint density at radius 3 is 2.16 bits per heavy atom. The van der Waals surface area contributed by atoms with Crippen molar-refractivity contribution in [3.8, 4) is 0 Å². The van der Waals surface area contributed by atoms with Crippen LogP contribution in [0.5, 0.6) is 0 Å². The number of guanidine groups is 1. The molecule has 18 N–H and O–H groups in total. The Bertz CT molecular complexity index is 2130. The van der Waals surface area contributed by atoms with Crippen molar-refractivity contribution in [1.29, 1.82) is 0 Å². The van der Waals surface area contributed by atoms with Gasteiger partial charge in [0.1, 0.15) is 36.3 Å². The van der Waals surface area contributed by atoms with Gasteiger partial charge in [0.15, 0.2) is 6.04 Å². The minimum atomic E-state index is -5.13. The molecule has 0 bridgehead atoms. The minimum absolute atomic E-state index is 0.0187. The van der Waals surface area contributed by atoms with Crippen molar-refractivity contribution in [3.05, 3.63) is 36.0 Å². The molecular weight excluding hydrogens is 918 g/mol. The van der Waals surface area contributed by atoms with Crippen molar-refractivity contribution >= 4 is 64.2 Å². The number of carboxylic acids is 1. The van der Waals surface area contributed by atoms with Gasteiger partial charge in [-0.15, -0.1) is 0 Å². The first-order valence-electron chi connectivity index (χ1n) is 22.7. The van der Waals surface area contributed by atoms with Gasteiger partial charge >= 0.3 is 24.0 Å². The first kappa shape index (κ1) is 56.8. The first-order valence-corrected chi connectivity index (χ1v) is 22.7. The number of carbonyl (C=O) groups excluding carboxylic acids is 7. The van der Waals surface area contributed by atoms with Crippen LogP contribution in [0.4, 0.5) is 13.2 Å². The smallest absolute Gasteiger partial charge is 0.471 e. The van der Waals surface area contributed by atoms with Gasteiger partial charge in [-0.25, -0.2) is 4.79 Å². The standard InChI is InChI=1S/C43H65F3N12O11/c1-4-22(2)32(40(67)68)56-35(62)28(14-7-8-16-50-41(69)43(44,45)46)53-36(63)30(21-59)55-38(65)33(23(3)60)57-37(64)31-15-10-18-58(31)39(66)29(19-24-20-52-27-13-6-5-11-25(24)27)54-34(61)26(47)12-9-17-51-42(48)49/h5-6,11,13,20,22-23,26,28-33,52,59-60H,4,7-10,12,14-19,21,47H2,1-3H3,(H,50,69)(H,53,63)(H,54,61)(H,55,65)(H,56,62)(H,57,64)(H,67,68)(H4,48,49,51)/p+2/t22-,23+,26-,28-,29-,30-,31-,32-,33-/m0/s1. The molecule has 0 saturated carbocycles. The molecule has 23 nitrogen and oxygen atoms in total. The van der Waals surface area contributed by atoms with Gasteiger partial charge in [0.25, 0.3) is 5.91 Å². The summed E-state index contributed by atoms with van der Waals surface area (Å²) in [5, 5.41) is 45.2. The second-order valence-electron chi connectivity index (χ2n) is 17.0. The van der Waals surface area contributed by atoms with Crippen molar-refractivity contribution in [2.24, 2.45) is 17.4 Å². The molecule has 9 atom stereocenters. The van der Waals surface area contributed by atoms with E-state index in [2.05, 4.69) is 42.3 Å². The van der Waals surface area contributed by atoms with Gasteiger partial charge in [-0.1, -0.05) is 38.5 Å². The molecule has 69 heavy (non-hydrogen) atoms. The normalized spacial score (nSPS) is 17.2. The predicted molar refractivity (Wildman–Crippen MR) is 240 cm³/mol. The molecule has 1 aliphatic rings. The van der Waals surface area contributed by atoms with Crippen LogP contribution in [-0.2, 0) is 44.8 Å². The highest BCUT2D eigenvalue weighted by Crippen LogP contribution is 2.23. The molecule has 1 aromatic heterocycles. The number of quaternary nitrogens is 1. The summed E-state index contributed by atoms with van der Waals surface area (Å²) in [6, 6.07) is -2.37. The molecule has 2 aromatic rings. The lowest BCUT2D eigenvalue weighted by atomic mass is 9.98. The number of aromatic amines is 1. The van der Waals surface area contributed by atoms with Crippen LogP contribution in [0.25, 0.3) is 10.9 Å². The SMILES string of the molecule is CC[C@H](C)[C@H](NC(=O)[C@H](CCCCNC(=O)C(F)(F)F)NC(=O)[C@H](CO)NC(=O)[C@@H](NC(=O)[C@@H]1CCCN1C(=O)[C@H](Cc1c[nH]c2ccccc12)NC(=O)[C@@H]([NH3+])CCC[NH+]=C(N)N)[C@@H](C)O)C(=O)O. The topological polar surface area (TPSA) is 382 Å². The molecule has 0 unspecified atom stereocenters. The maximum absolute atomic E-state index is 14.4. The number of nitrogens with two attached hydrogens (primary N) is 2. The third kappa shape index (κ3) is 17.2. The molecule has 3 rings (SSSR count). The number of halogens is 3. The number of H-pyrrole nitrogens is 1. The lowest BCUT2D eigenvalue weighted by Gasteiger charge is -2.31. The number of benzene rings is 1. The predicted octanol–water partition coefficient (Wildman–Crippen LogP) is -4.78. The van der Waals surface area contributed by atoms with Crippen molar-refractivity contribution in [2.45, 2.75) is 133 Å². The van der Waals surface area contributed by atoms with Crippen molar-refractivity contribution in [2.75, 3.05) is 26.2 Å². The first-order chi connectivity index (χ1) is 32.5. The number of hydrogen-bond acceptors (Lipinski definition) is 10. The number of carbonyl (C=O) groups is 8. The Morgan fingerprint density at radius 2 is 1.54 bits per heavy atom. The number of rotatable bonds is 27. The summed E-state index contributed by atoms with van der Waals surface area (Å²) >= 11 is 0. The quantitative estimate of drug-likeness (QED) is 0.0228. The number of amides is 7. The summed E-state index contributed by atoms with van der Waals surface area (Å²) in [4.78, 5) is 113. The van der Waals surface area contributed by atoms with E-state index in [1.807, 2.05) is 24.3 Å². The highest BCUT2D eigenvalue weighted by molar-refractivity contribution is 5.98. The Kier molecular flexibility index (Phi) is 22.1. The highest BCUT2D eigenvalue weighted by atomic mass is 19.4. The summed E-state index contributed by atoms with van der Waals surface area (Å²) in [7, 11) is 0. The fourth-order valence-corrected chi connectivity index (χ4v) is 7.59. The van der Waals surface area contributed by atoms with Gasteiger partial charge in [-0.05, 0) is 63.0 Å². The maximum Gasteiger partial charge on any atom is 0.471 e. The number of para-hydroxylation sites is 1. The Morgan fingerprint density at radius 1 is 0.884 bits per heavy atom. The van der Waals surface area contributed by atoms with Crippen LogP contribution in [0.1, 0.15) is 77.7 Å². The molecule has 0 spiro atoms. The van der Waals surface area contributed by atoms with Gasteiger partial charge in [0.05, 0.1) is 19.3 Å². The van der Waals surface area contributed by atoms with Gasteiger partial charge in [0, 0.05) is 43.0 Å². The second kappa shape index (κ2) is 26.9. The third-order valence-corrected chi connectivity index (χ3v) is 11.7. The average molecular weight is 985 g/mol. The summed E-state index contributed by atoms with van der Waals surface area (Å²) in [6.07, 6.45) is -3.87. The Balaban J connectivity index is 1.77. The lowest BCUT2D eigenvalue weighted by Crippen LogP contribution is -2.78. The number of alkyl halides is 3. The Hall–Kier alpha value is -6.54. The number of fused-ring (bicyclic) bond motifs is 1. The zero-order valence-electron chi connectivity index (χ0n) is 38.8. The van der Waals surface area contributed by atoms with Crippen molar-refractivity contribution in [3.63, 3.8) is 0 Å². The monoisotopic (exact) mass is 984 g/mol. The molecule has 7 amide bonds. The van der Waals surface area contributed by atoms with Gasteiger partial charge in [-0.3, -0.25) is 50.0 Å². The minimum Gasteiger partial charge on any atom is -0.480 e. The zero-order valence-corrected chi connectivity index (χ0v) is 38.8. The molecule has 1 fully saturated rings. The largest absolute Gasteiger partial charge is 0.480 e. The van der Waals surface area contributed by atoms with Crippen LogP contribution < -0.4 is 54.1 Å². The summed E-state index contributed by atoms with van der Waals surface area (Å²) in [5.74, 6) is -9.46. The highest BCUT2D eigenvalue weighted by Gasteiger charge is 2.41. The molecule has 1 saturated heterocycles. The number of likely N-dealkylation sites (tertiary alicyclic amines) is 1. The van der Waals surface area contributed by atoms with E-state index in [0.717, 1.165) is 17.8 Å².